The Balaban J connectivity index is 2.89. The molecular weight excluding hydrogens is 226 g/mol. The normalized spacial score (nSPS) is 11.0. The van der Waals surface area contributed by atoms with Crippen LogP contribution in [0.4, 0.5) is 0 Å². The molecule has 3 N–H and O–H groups in total. The van der Waals surface area contributed by atoms with Crippen molar-refractivity contribution in [1.29, 1.82) is 0 Å². The first-order valence-electron chi connectivity index (χ1n) is 4.74. The number of carboxylic acids is 1. The Labute approximate surface area is 95.3 Å². The van der Waals surface area contributed by atoms with Gasteiger partial charge in [0, 0.05) is 17.1 Å². The largest absolute Gasteiger partial charge is 0.478 e. The van der Waals surface area contributed by atoms with Crippen molar-refractivity contribution in [3.05, 3.63) is 35.5 Å². The number of nitrogens with zero attached hydrogens (tertiary/aromatic N) is 1. The molecule has 1 aromatic carbocycles. The van der Waals surface area contributed by atoms with E-state index in [2.05, 4.69) is 0 Å². The zero-order valence-corrected chi connectivity index (χ0v) is 8.57. The molecule has 0 unspecified atom stereocenters. The summed E-state index contributed by atoms with van der Waals surface area (Å²) in [6.07, 6.45) is -0.141. The van der Waals surface area contributed by atoms with Crippen molar-refractivity contribution >= 4 is 23.2 Å². The zero-order valence-electron chi connectivity index (χ0n) is 8.57. The SMILES string of the molecule is O=Cc1cn(C(O)O)c2cccc(C(=O)O)c12. The second-order valence-corrected chi connectivity index (χ2v) is 3.46. The number of aliphatic hydroxyl groups excluding tert-OH is 1. The lowest BCUT2D eigenvalue weighted by molar-refractivity contribution is -0.0986. The number of hydrogen-bond donors (Lipinski definition) is 3. The summed E-state index contributed by atoms with van der Waals surface area (Å²) in [5.74, 6) is -1.18. The molecule has 6 nitrogen and oxygen atoms in total. The third-order valence-electron chi connectivity index (χ3n) is 2.49. The van der Waals surface area contributed by atoms with E-state index in [1.807, 2.05) is 0 Å². The number of carbonyl (C=O) groups excluding carboxylic acids is 1. The van der Waals surface area contributed by atoms with Crippen LogP contribution in [0, 0.1) is 0 Å². The minimum absolute atomic E-state index is 0.0519. The maximum atomic E-state index is 11.0. The molecule has 2 aromatic rings. The molecule has 17 heavy (non-hydrogen) atoms. The molecule has 1 heterocycles. The third-order valence-corrected chi connectivity index (χ3v) is 2.49. The number of fused-ring (bicyclic) bond motifs is 1. The predicted molar refractivity (Wildman–Crippen MR) is 57.8 cm³/mol. The van der Waals surface area contributed by atoms with Gasteiger partial charge in [-0.05, 0) is 12.1 Å². The Kier molecular flexibility index (Phi) is 2.66. The van der Waals surface area contributed by atoms with Crippen LogP contribution >= 0.6 is 0 Å². The Bertz CT molecular complexity index is 599. The Morgan fingerprint density at radius 2 is 2.06 bits per heavy atom. The van der Waals surface area contributed by atoms with Crippen molar-refractivity contribution in [2.45, 2.75) is 6.41 Å². The lowest BCUT2D eigenvalue weighted by Gasteiger charge is -2.06. The predicted octanol–water partition coefficient (Wildman–Crippen LogP) is 0.593. The van der Waals surface area contributed by atoms with E-state index in [0.717, 1.165) is 4.57 Å². The number of aromatic nitrogens is 1. The van der Waals surface area contributed by atoms with Crippen LogP contribution in [-0.4, -0.2) is 32.1 Å². The van der Waals surface area contributed by atoms with E-state index in [0.29, 0.717) is 6.29 Å². The standard InChI is InChI=1S/C11H9NO5/c13-5-6-4-12(11(16)17)8-3-1-2-7(9(6)8)10(14)15/h1-5,11,16-17H,(H,14,15). The van der Waals surface area contributed by atoms with Gasteiger partial charge in [0.15, 0.2) is 6.29 Å². The molecule has 0 aliphatic heterocycles. The summed E-state index contributed by atoms with van der Waals surface area (Å²) in [6, 6.07) is 4.33. The van der Waals surface area contributed by atoms with Crippen molar-refractivity contribution in [3.8, 4) is 0 Å². The van der Waals surface area contributed by atoms with Gasteiger partial charge in [0.1, 0.15) is 0 Å². The lowest BCUT2D eigenvalue weighted by Crippen LogP contribution is -2.05. The minimum Gasteiger partial charge on any atom is -0.478 e. The van der Waals surface area contributed by atoms with Crippen LogP contribution in [0.15, 0.2) is 24.4 Å². The summed E-state index contributed by atoms with van der Waals surface area (Å²) in [7, 11) is 0. The highest BCUT2D eigenvalue weighted by Crippen LogP contribution is 2.26. The number of aliphatic hydroxyl groups is 2. The van der Waals surface area contributed by atoms with Gasteiger partial charge in [-0.15, -0.1) is 0 Å². The minimum atomic E-state index is -1.82. The van der Waals surface area contributed by atoms with Gasteiger partial charge < -0.3 is 15.3 Å². The second kappa shape index (κ2) is 4.00. The first-order chi connectivity index (χ1) is 8.06. The average Bonchev–Trinajstić information content (AvgIpc) is 2.67. The Morgan fingerprint density at radius 1 is 1.35 bits per heavy atom. The monoisotopic (exact) mass is 235 g/mol. The maximum absolute atomic E-state index is 11.0. The van der Waals surface area contributed by atoms with Crippen molar-refractivity contribution in [3.63, 3.8) is 0 Å². The van der Waals surface area contributed by atoms with Crippen molar-refractivity contribution in [1.82, 2.24) is 4.57 Å². The van der Waals surface area contributed by atoms with Gasteiger partial charge in [0.2, 0.25) is 6.41 Å². The van der Waals surface area contributed by atoms with Gasteiger partial charge in [-0.2, -0.15) is 0 Å². The quantitative estimate of drug-likeness (QED) is 0.534. The van der Waals surface area contributed by atoms with Gasteiger partial charge in [0.25, 0.3) is 0 Å². The topological polar surface area (TPSA) is 99.8 Å². The second-order valence-electron chi connectivity index (χ2n) is 3.46. The molecule has 6 heteroatoms. The molecule has 1 aromatic heterocycles. The van der Waals surface area contributed by atoms with Gasteiger partial charge >= 0.3 is 5.97 Å². The van der Waals surface area contributed by atoms with Crippen LogP contribution in [0.2, 0.25) is 0 Å². The number of carbonyl (C=O) groups is 2. The number of aromatic carboxylic acids is 1. The summed E-state index contributed by atoms with van der Waals surface area (Å²) in [5.41, 5.74) is 0.331. The van der Waals surface area contributed by atoms with Crippen LogP contribution < -0.4 is 0 Å². The van der Waals surface area contributed by atoms with Crippen molar-refractivity contribution in [2.75, 3.05) is 0 Å². The first kappa shape index (κ1) is 11.3. The molecule has 0 aliphatic rings. The molecule has 0 saturated carbocycles. The fraction of sp³-hybridized carbons (Fsp3) is 0.0909. The highest BCUT2D eigenvalue weighted by molar-refractivity contribution is 6.09. The summed E-state index contributed by atoms with van der Waals surface area (Å²) in [5, 5.41) is 27.4. The molecule has 2 rings (SSSR count). The van der Waals surface area contributed by atoms with Crippen molar-refractivity contribution in [2.24, 2.45) is 0 Å². The molecule has 0 amide bonds. The van der Waals surface area contributed by atoms with Gasteiger partial charge in [-0.1, -0.05) is 6.07 Å². The van der Waals surface area contributed by atoms with Gasteiger partial charge in [-0.25, -0.2) is 4.79 Å². The lowest BCUT2D eigenvalue weighted by atomic mass is 10.1. The van der Waals surface area contributed by atoms with Crippen LogP contribution in [-0.2, 0) is 0 Å². The molecule has 0 spiro atoms. The van der Waals surface area contributed by atoms with Gasteiger partial charge in [0.05, 0.1) is 11.1 Å². The van der Waals surface area contributed by atoms with Crippen molar-refractivity contribution < 1.29 is 24.9 Å². The summed E-state index contributed by atoms with van der Waals surface area (Å²) >= 11 is 0. The number of rotatable bonds is 3. The van der Waals surface area contributed by atoms with Crippen LogP contribution in [0.3, 0.4) is 0 Å². The van der Waals surface area contributed by atoms with Gasteiger partial charge in [-0.3, -0.25) is 9.36 Å². The molecule has 0 radical (unpaired) electrons. The van der Waals surface area contributed by atoms with E-state index in [4.69, 9.17) is 15.3 Å². The van der Waals surface area contributed by atoms with Crippen LogP contribution in [0.25, 0.3) is 10.9 Å². The van der Waals surface area contributed by atoms with E-state index in [-0.39, 0.29) is 22.0 Å². The number of benzene rings is 1. The zero-order chi connectivity index (χ0) is 12.6. The summed E-state index contributed by atoms with van der Waals surface area (Å²) in [6.45, 7) is 0. The molecule has 0 fully saturated rings. The molecule has 0 aliphatic carbocycles. The summed E-state index contributed by atoms with van der Waals surface area (Å²) in [4.78, 5) is 21.9. The average molecular weight is 235 g/mol. The fourth-order valence-corrected chi connectivity index (χ4v) is 1.80. The maximum Gasteiger partial charge on any atom is 0.336 e. The number of carboxylic acid groups (broad SMARTS) is 1. The molecule has 88 valence electrons. The first-order valence-corrected chi connectivity index (χ1v) is 4.74. The molecule has 0 atom stereocenters. The van der Waals surface area contributed by atoms with E-state index < -0.39 is 12.4 Å². The van der Waals surface area contributed by atoms with E-state index in [1.54, 1.807) is 0 Å². The fourth-order valence-electron chi connectivity index (χ4n) is 1.80. The van der Waals surface area contributed by atoms with E-state index in [1.165, 1.54) is 24.4 Å². The Hall–Kier alpha value is -2.18. The van der Waals surface area contributed by atoms with Crippen LogP contribution in [0.1, 0.15) is 27.1 Å². The molecule has 0 saturated heterocycles. The number of aldehydes is 1. The Morgan fingerprint density at radius 3 is 2.59 bits per heavy atom. The highest BCUT2D eigenvalue weighted by Gasteiger charge is 2.17. The third kappa shape index (κ3) is 1.69. The summed E-state index contributed by atoms with van der Waals surface area (Å²) < 4.78 is 1.02. The van der Waals surface area contributed by atoms with E-state index in [9.17, 15) is 9.59 Å². The number of hydrogen-bond acceptors (Lipinski definition) is 4. The highest BCUT2D eigenvalue weighted by atomic mass is 16.5. The molecular formula is C11H9NO5. The smallest absolute Gasteiger partial charge is 0.336 e. The van der Waals surface area contributed by atoms with Crippen LogP contribution in [0.5, 0.6) is 0 Å². The molecule has 0 bridgehead atoms. The van der Waals surface area contributed by atoms with E-state index >= 15 is 0 Å².